The van der Waals surface area contributed by atoms with Gasteiger partial charge in [-0.05, 0) is 52.9 Å². The second-order valence-electron chi connectivity index (χ2n) is 7.70. The van der Waals surface area contributed by atoms with E-state index in [9.17, 15) is 0 Å². The lowest BCUT2D eigenvalue weighted by Gasteiger charge is -2.23. The van der Waals surface area contributed by atoms with Gasteiger partial charge in [-0.3, -0.25) is 0 Å². The number of ether oxygens (including phenoxy) is 1. The number of aryl methyl sites for hydroxylation is 2. The van der Waals surface area contributed by atoms with Crippen LogP contribution in [0.3, 0.4) is 0 Å². The van der Waals surface area contributed by atoms with Gasteiger partial charge in [0.1, 0.15) is 29.5 Å². The van der Waals surface area contributed by atoms with Gasteiger partial charge in [-0.25, -0.2) is 14.6 Å². The third kappa shape index (κ3) is 3.54. The molecule has 10 heteroatoms. The average molecular weight is 419 g/mol. The number of rotatable bonds is 4. The van der Waals surface area contributed by atoms with Gasteiger partial charge >= 0.3 is 0 Å². The van der Waals surface area contributed by atoms with E-state index in [1.54, 1.807) is 16.4 Å². The minimum absolute atomic E-state index is 0.741. The van der Waals surface area contributed by atoms with Crippen molar-refractivity contribution in [1.82, 2.24) is 30.2 Å². The molecule has 3 aromatic rings. The van der Waals surface area contributed by atoms with Crippen molar-refractivity contribution in [3.05, 3.63) is 16.3 Å². The van der Waals surface area contributed by atoms with Crippen LogP contribution in [-0.2, 0) is 31.2 Å². The van der Waals surface area contributed by atoms with E-state index >= 15 is 0 Å². The van der Waals surface area contributed by atoms with Crippen LogP contribution in [0.25, 0.3) is 10.2 Å². The molecule has 0 saturated carbocycles. The number of morpholine rings is 1. The first-order valence-corrected chi connectivity index (χ1v) is 11.4. The fourth-order valence-corrected chi connectivity index (χ4v) is 6.32. The molecule has 5 rings (SSSR count). The maximum Gasteiger partial charge on any atom is 0.215 e. The number of tetrazole rings is 1. The van der Waals surface area contributed by atoms with Gasteiger partial charge in [-0.2, -0.15) is 0 Å². The lowest BCUT2D eigenvalue weighted by Crippen LogP contribution is -3.12. The standard InChI is InChI=1S/C18H23N7OS2/c1-11-3-4-12-13(9-11)27-16-15(12)17(28-18-21-22-23-24(18)2)20-14(19-16)10-25-5-7-26-8-6-25/h11H,3-10H2,1-2H3/p+1/t11-/m0/s1. The number of nitrogens with one attached hydrogen (secondary N) is 1. The Balaban J connectivity index is 1.57. The van der Waals surface area contributed by atoms with Gasteiger partial charge in [-0.15, -0.1) is 16.4 Å². The largest absolute Gasteiger partial charge is 0.370 e. The van der Waals surface area contributed by atoms with Crippen LogP contribution in [0.5, 0.6) is 0 Å². The van der Waals surface area contributed by atoms with E-state index in [1.165, 1.54) is 27.1 Å². The van der Waals surface area contributed by atoms with Gasteiger partial charge in [0.15, 0.2) is 5.82 Å². The summed E-state index contributed by atoms with van der Waals surface area (Å²) in [5, 5.41) is 14.9. The highest BCUT2D eigenvalue weighted by Gasteiger charge is 2.26. The fourth-order valence-electron chi connectivity index (χ4n) is 3.96. The first-order chi connectivity index (χ1) is 13.7. The number of aromatic nitrogens is 6. The predicted molar refractivity (Wildman–Crippen MR) is 107 cm³/mol. The molecule has 1 atom stereocenters. The van der Waals surface area contributed by atoms with Gasteiger partial charge < -0.3 is 9.64 Å². The lowest BCUT2D eigenvalue weighted by atomic mass is 9.89. The van der Waals surface area contributed by atoms with E-state index in [0.717, 1.165) is 72.4 Å². The van der Waals surface area contributed by atoms with Gasteiger partial charge in [-0.1, -0.05) is 6.92 Å². The normalized spacial score (nSPS) is 20.6. The van der Waals surface area contributed by atoms with Crippen molar-refractivity contribution in [2.45, 2.75) is 42.9 Å². The summed E-state index contributed by atoms with van der Waals surface area (Å²) >= 11 is 3.41. The maximum atomic E-state index is 5.49. The molecule has 0 bridgehead atoms. The number of nitrogens with zero attached hydrogens (tertiary/aromatic N) is 6. The molecule has 8 nitrogen and oxygen atoms in total. The summed E-state index contributed by atoms with van der Waals surface area (Å²) in [6.45, 7) is 6.82. The smallest absolute Gasteiger partial charge is 0.215 e. The second kappa shape index (κ2) is 7.66. The molecular weight excluding hydrogens is 394 g/mol. The van der Waals surface area contributed by atoms with Crippen molar-refractivity contribution in [2.75, 3.05) is 26.3 Å². The lowest BCUT2D eigenvalue weighted by molar-refractivity contribution is -0.922. The SMILES string of the molecule is C[C@H]1CCc2c(sc3nc(C[NH+]4CCOCC4)nc(Sc4nnnn4C)c23)C1. The van der Waals surface area contributed by atoms with Crippen LogP contribution in [0.15, 0.2) is 10.2 Å². The molecule has 4 heterocycles. The molecule has 28 heavy (non-hydrogen) atoms. The molecule has 1 saturated heterocycles. The molecule has 1 N–H and O–H groups in total. The number of thiophene rings is 1. The summed E-state index contributed by atoms with van der Waals surface area (Å²) in [5.41, 5.74) is 1.45. The van der Waals surface area contributed by atoms with E-state index in [-0.39, 0.29) is 0 Å². The molecule has 0 unspecified atom stereocenters. The van der Waals surface area contributed by atoms with Crippen molar-refractivity contribution in [3.63, 3.8) is 0 Å². The number of fused-ring (bicyclic) bond motifs is 3. The third-order valence-corrected chi connectivity index (χ3v) is 7.71. The maximum absolute atomic E-state index is 5.49. The van der Waals surface area contributed by atoms with E-state index in [1.807, 2.05) is 18.4 Å². The highest BCUT2D eigenvalue weighted by atomic mass is 32.2. The van der Waals surface area contributed by atoms with Gasteiger partial charge in [0.25, 0.3) is 0 Å². The molecule has 1 aliphatic carbocycles. The molecule has 0 aromatic carbocycles. The summed E-state index contributed by atoms with van der Waals surface area (Å²) < 4.78 is 7.19. The number of hydrogen-bond donors (Lipinski definition) is 1. The Morgan fingerprint density at radius 3 is 2.93 bits per heavy atom. The highest BCUT2D eigenvalue weighted by molar-refractivity contribution is 7.99. The monoisotopic (exact) mass is 418 g/mol. The minimum Gasteiger partial charge on any atom is -0.370 e. The quantitative estimate of drug-likeness (QED) is 0.631. The minimum atomic E-state index is 0.741. The summed E-state index contributed by atoms with van der Waals surface area (Å²) in [5.74, 6) is 1.65. The Morgan fingerprint density at radius 1 is 1.29 bits per heavy atom. The first-order valence-electron chi connectivity index (χ1n) is 9.80. The first kappa shape index (κ1) is 18.4. The van der Waals surface area contributed by atoms with Crippen molar-refractivity contribution in [1.29, 1.82) is 0 Å². The van der Waals surface area contributed by atoms with Crippen molar-refractivity contribution in [3.8, 4) is 0 Å². The molecule has 0 amide bonds. The molecule has 2 aliphatic rings. The third-order valence-electron chi connectivity index (χ3n) is 5.55. The van der Waals surface area contributed by atoms with Crippen LogP contribution in [0, 0.1) is 5.92 Å². The zero-order chi connectivity index (χ0) is 19.1. The number of quaternary nitrogens is 1. The molecule has 148 valence electrons. The van der Waals surface area contributed by atoms with Crippen molar-refractivity contribution in [2.24, 2.45) is 13.0 Å². The summed E-state index contributed by atoms with van der Waals surface area (Å²) in [6.07, 6.45) is 3.49. The van der Waals surface area contributed by atoms with Crippen LogP contribution in [0.2, 0.25) is 0 Å². The Bertz CT molecular complexity index is 995. The Morgan fingerprint density at radius 2 is 2.14 bits per heavy atom. The molecular formula is C18H24N7OS2+. The summed E-state index contributed by atoms with van der Waals surface area (Å²) in [6, 6.07) is 0. The van der Waals surface area contributed by atoms with E-state index in [0.29, 0.717) is 0 Å². The van der Waals surface area contributed by atoms with Crippen LogP contribution >= 0.6 is 23.1 Å². The van der Waals surface area contributed by atoms with Crippen molar-refractivity contribution >= 4 is 33.3 Å². The zero-order valence-electron chi connectivity index (χ0n) is 16.1. The van der Waals surface area contributed by atoms with Gasteiger partial charge in [0.2, 0.25) is 5.16 Å². The van der Waals surface area contributed by atoms with E-state index < -0.39 is 0 Å². The van der Waals surface area contributed by atoms with E-state index in [2.05, 4.69) is 22.4 Å². The average Bonchev–Trinajstić information content (AvgIpc) is 3.25. The van der Waals surface area contributed by atoms with Gasteiger partial charge in [0, 0.05) is 17.3 Å². The molecule has 1 aliphatic heterocycles. The predicted octanol–water partition coefficient (Wildman–Crippen LogP) is 0.906. The molecule has 3 aromatic heterocycles. The molecule has 0 spiro atoms. The fraction of sp³-hybridized carbons (Fsp3) is 0.611. The van der Waals surface area contributed by atoms with Crippen LogP contribution in [-0.4, -0.2) is 56.5 Å². The molecule has 0 radical (unpaired) electrons. The van der Waals surface area contributed by atoms with Crippen LogP contribution in [0.4, 0.5) is 0 Å². The Labute approximate surface area is 171 Å². The zero-order valence-corrected chi connectivity index (χ0v) is 17.8. The van der Waals surface area contributed by atoms with Crippen LogP contribution in [0.1, 0.15) is 29.6 Å². The summed E-state index contributed by atoms with van der Waals surface area (Å²) in [7, 11) is 1.87. The second-order valence-corrected chi connectivity index (χ2v) is 9.74. The highest BCUT2D eigenvalue weighted by Crippen LogP contribution is 2.41. The molecule has 1 fully saturated rings. The number of hydrogen-bond acceptors (Lipinski definition) is 8. The topological polar surface area (TPSA) is 83.1 Å². The Hall–Kier alpha value is -1.62. The van der Waals surface area contributed by atoms with E-state index in [4.69, 9.17) is 14.7 Å². The van der Waals surface area contributed by atoms with Crippen LogP contribution < -0.4 is 4.90 Å². The summed E-state index contributed by atoms with van der Waals surface area (Å²) in [4.78, 5) is 14.1. The Kier molecular flexibility index (Phi) is 5.04. The van der Waals surface area contributed by atoms with Crippen molar-refractivity contribution < 1.29 is 9.64 Å². The van der Waals surface area contributed by atoms with Gasteiger partial charge in [0.05, 0.1) is 13.2 Å².